The fourth-order valence-corrected chi connectivity index (χ4v) is 6.60. The van der Waals surface area contributed by atoms with Crippen LogP contribution in [-0.2, 0) is 14.3 Å². The molecule has 0 aromatic heterocycles. The van der Waals surface area contributed by atoms with Gasteiger partial charge in [0.1, 0.15) is 28.6 Å². The van der Waals surface area contributed by atoms with Crippen molar-refractivity contribution in [3.8, 4) is 34.5 Å². The highest BCUT2D eigenvalue weighted by Gasteiger charge is 2.32. The lowest BCUT2D eigenvalue weighted by molar-refractivity contribution is -0.121. The molecule has 3 N–H and O–H groups in total. The number of aromatic hydroxyl groups is 2. The molecule has 286 valence electrons. The zero-order valence-electron chi connectivity index (χ0n) is 31.7. The maximum absolute atomic E-state index is 13.9. The molecule has 0 saturated carbocycles. The van der Waals surface area contributed by atoms with Crippen molar-refractivity contribution in [1.82, 2.24) is 10.2 Å². The maximum atomic E-state index is 13.9. The molecule has 3 atom stereocenters. The molecule has 0 aliphatic carbocycles. The van der Waals surface area contributed by atoms with Gasteiger partial charge in [0, 0.05) is 37.3 Å². The summed E-state index contributed by atoms with van der Waals surface area (Å²) in [4.78, 5) is 42.0. The van der Waals surface area contributed by atoms with Crippen LogP contribution in [0.3, 0.4) is 0 Å². The largest absolute Gasteiger partial charge is 0.507 e. The fraction of sp³-hybridized carbons (Fsp3) is 0.439. The Labute approximate surface area is 311 Å². The number of fused-ring (bicyclic) bond motifs is 1. The normalized spacial score (nSPS) is 17.1. The first-order valence-corrected chi connectivity index (χ1v) is 17.8. The van der Waals surface area contributed by atoms with Crippen molar-refractivity contribution < 1.29 is 48.3 Å². The smallest absolute Gasteiger partial charge is 0.342 e. The van der Waals surface area contributed by atoms with Crippen molar-refractivity contribution in [2.75, 3.05) is 49.1 Å². The number of hydrogen-bond donors (Lipinski definition) is 3. The number of phenols is 2. The van der Waals surface area contributed by atoms with E-state index < -0.39 is 23.7 Å². The van der Waals surface area contributed by atoms with Gasteiger partial charge in [-0.1, -0.05) is 24.3 Å². The topological polar surface area (TPSA) is 153 Å². The lowest BCUT2D eigenvalue weighted by Gasteiger charge is -2.27. The lowest BCUT2D eigenvalue weighted by atomic mass is 9.84. The number of hydrogen-bond acceptors (Lipinski definition) is 11. The van der Waals surface area contributed by atoms with Crippen LogP contribution < -0.4 is 24.3 Å². The summed E-state index contributed by atoms with van der Waals surface area (Å²) in [7, 11) is 9.82. The Balaban J connectivity index is 1.81. The summed E-state index contributed by atoms with van der Waals surface area (Å²) >= 11 is 0. The van der Waals surface area contributed by atoms with Crippen LogP contribution in [0.4, 0.5) is 0 Å². The number of ketones is 1. The molecule has 3 aromatic carbocycles. The number of nitrogens with zero attached hydrogens (tertiary/aromatic N) is 1. The van der Waals surface area contributed by atoms with E-state index in [0.717, 1.165) is 5.56 Å². The third-order valence-electron chi connectivity index (χ3n) is 9.50. The second-order valence-corrected chi connectivity index (χ2v) is 13.3. The molecule has 2 unspecified atom stereocenters. The van der Waals surface area contributed by atoms with Crippen LogP contribution in [0.1, 0.15) is 96.4 Å². The molecule has 1 aliphatic rings. The van der Waals surface area contributed by atoms with Crippen molar-refractivity contribution in [2.45, 2.75) is 69.9 Å². The average Bonchev–Trinajstić information content (AvgIpc) is 3.13. The van der Waals surface area contributed by atoms with Crippen LogP contribution in [-0.4, -0.2) is 88.0 Å². The van der Waals surface area contributed by atoms with Gasteiger partial charge in [0.25, 0.3) is 0 Å². The summed E-state index contributed by atoms with van der Waals surface area (Å²) in [5, 5.41) is 26.7. The fourth-order valence-electron chi connectivity index (χ4n) is 6.60. The number of likely N-dealkylation sites (N-methyl/N-ethyl adjacent to an activating group) is 1. The molecule has 0 radical (unpaired) electrons. The SMILES string of the molecule is COc1ccc(C(CNC(=O)CC(c2cc(OC)c(OC)c(OC)c2)c2c(O)cc3c(c2O)C(=O)O[C@@H](C)CCCC(=O)CCC/C=C/3)N(C)C)cc1. The first-order chi connectivity index (χ1) is 25.4. The zero-order valence-corrected chi connectivity index (χ0v) is 31.7. The number of Topliss-reactive ketones (excluding diaryl/α,β-unsaturated/α-hetero) is 1. The number of cyclic esters (lactones) is 1. The maximum Gasteiger partial charge on any atom is 0.342 e. The Hall–Kier alpha value is -5.23. The van der Waals surface area contributed by atoms with E-state index in [1.54, 1.807) is 38.3 Å². The highest BCUT2D eigenvalue weighted by Crippen LogP contribution is 2.47. The van der Waals surface area contributed by atoms with E-state index in [0.29, 0.717) is 67.1 Å². The number of carbonyl (C=O) groups is 3. The van der Waals surface area contributed by atoms with Gasteiger partial charge in [0.2, 0.25) is 11.7 Å². The molecule has 0 bridgehead atoms. The molecule has 53 heavy (non-hydrogen) atoms. The Kier molecular flexibility index (Phi) is 14.5. The molecule has 0 fully saturated rings. The highest BCUT2D eigenvalue weighted by molar-refractivity contribution is 5.98. The van der Waals surface area contributed by atoms with Crippen molar-refractivity contribution >= 4 is 23.7 Å². The summed E-state index contributed by atoms with van der Waals surface area (Å²) < 4.78 is 27.8. The second kappa shape index (κ2) is 19.0. The molecule has 4 rings (SSSR count). The van der Waals surface area contributed by atoms with Gasteiger partial charge < -0.3 is 44.1 Å². The van der Waals surface area contributed by atoms with Crippen molar-refractivity contribution in [3.63, 3.8) is 0 Å². The van der Waals surface area contributed by atoms with Crippen molar-refractivity contribution in [2.24, 2.45) is 0 Å². The summed E-state index contributed by atoms with van der Waals surface area (Å²) in [5.41, 5.74) is 1.47. The molecular weight excluding hydrogens is 680 g/mol. The van der Waals surface area contributed by atoms with Gasteiger partial charge >= 0.3 is 5.97 Å². The Morgan fingerprint density at radius 2 is 1.58 bits per heavy atom. The number of methoxy groups -OCH3 is 4. The summed E-state index contributed by atoms with van der Waals surface area (Å²) in [6, 6.07) is 12.1. The minimum absolute atomic E-state index is 0.0443. The third-order valence-corrected chi connectivity index (χ3v) is 9.50. The number of phenolic OH excluding ortho intramolecular Hbond substituents is 2. The number of esters is 1. The summed E-state index contributed by atoms with van der Waals surface area (Å²) in [5.74, 6) is -1.23. The molecule has 0 saturated heterocycles. The van der Waals surface area contributed by atoms with E-state index in [1.165, 1.54) is 27.4 Å². The number of amides is 1. The molecule has 12 heteroatoms. The number of carbonyl (C=O) groups excluding carboxylic acids is 3. The van der Waals surface area contributed by atoms with Gasteiger partial charge in [0.15, 0.2) is 11.5 Å². The summed E-state index contributed by atoms with van der Waals surface area (Å²) in [6.45, 7) is 1.99. The van der Waals surface area contributed by atoms with E-state index in [9.17, 15) is 24.6 Å². The van der Waals surface area contributed by atoms with Crippen LogP contribution in [0.2, 0.25) is 0 Å². The number of rotatable bonds is 12. The Morgan fingerprint density at radius 1 is 0.925 bits per heavy atom. The number of nitrogens with one attached hydrogen (secondary N) is 1. The molecule has 1 aliphatic heterocycles. The minimum atomic E-state index is -0.999. The van der Waals surface area contributed by atoms with Crippen LogP contribution >= 0.6 is 0 Å². The zero-order chi connectivity index (χ0) is 38.7. The van der Waals surface area contributed by atoms with Crippen LogP contribution in [0.25, 0.3) is 6.08 Å². The van der Waals surface area contributed by atoms with Crippen LogP contribution in [0, 0.1) is 0 Å². The first-order valence-electron chi connectivity index (χ1n) is 17.8. The van der Waals surface area contributed by atoms with E-state index >= 15 is 0 Å². The number of ether oxygens (including phenoxy) is 5. The Bertz CT molecular complexity index is 1740. The van der Waals surface area contributed by atoms with Gasteiger partial charge in [-0.15, -0.1) is 0 Å². The van der Waals surface area contributed by atoms with Gasteiger partial charge in [-0.25, -0.2) is 4.79 Å². The van der Waals surface area contributed by atoms with Gasteiger partial charge in [0.05, 0.1) is 40.6 Å². The molecule has 12 nitrogen and oxygen atoms in total. The summed E-state index contributed by atoms with van der Waals surface area (Å²) in [6.07, 6.45) is 5.69. The predicted octanol–water partition coefficient (Wildman–Crippen LogP) is 6.56. The van der Waals surface area contributed by atoms with E-state index in [4.69, 9.17) is 23.7 Å². The average molecular weight is 733 g/mol. The van der Waals surface area contributed by atoms with Crippen molar-refractivity contribution in [1.29, 1.82) is 0 Å². The quantitative estimate of drug-likeness (QED) is 0.174. The minimum Gasteiger partial charge on any atom is -0.507 e. The Morgan fingerprint density at radius 3 is 2.19 bits per heavy atom. The molecule has 0 spiro atoms. The number of allylic oxidation sites excluding steroid dienone is 1. The van der Waals surface area contributed by atoms with Crippen LogP contribution in [0.5, 0.6) is 34.5 Å². The van der Waals surface area contributed by atoms with Gasteiger partial charge in [-0.2, -0.15) is 0 Å². The van der Waals surface area contributed by atoms with Crippen LogP contribution in [0.15, 0.2) is 48.5 Å². The highest BCUT2D eigenvalue weighted by atomic mass is 16.5. The monoisotopic (exact) mass is 732 g/mol. The first kappa shape index (κ1) is 40.5. The number of benzene rings is 3. The van der Waals surface area contributed by atoms with E-state index in [-0.39, 0.29) is 53.1 Å². The van der Waals surface area contributed by atoms with Gasteiger partial charge in [-0.05, 0) is 93.7 Å². The standard InChI is InChI=1S/C41H52N2O10/c1-25-12-11-15-29(44)14-10-8-9-13-27-20-33(45)38(39(47)37(27)41(48)53-25)31(28-21-34(50-5)40(52-7)35(22-28)51-6)23-36(46)42-24-32(43(2)3)26-16-18-30(49-4)19-17-26/h9,13,16-22,25,31-32,45,47H,8,10-12,14-15,23-24H2,1-7H3,(H,42,46)/b13-9+/t25-,31?,32?/m0/s1. The second-order valence-electron chi connectivity index (χ2n) is 13.3. The van der Waals surface area contributed by atoms with E-state index in [2.05, 4.69) is 5.32 Å². The molecule has 3 aromatic rings. The third kappa shape index (κ3) is 10.2. The predicted molar refractivity (Wildman–Crippen MR) is 201 cm³/mol. The molecule has 1 heterocycles. The van der Waals surface area contributed by atoms with Gasteiger partial charge in [-0.3, -0.25) is 9.59 Å². The molecule has 1 amide bonds. The molecular formula is C41H52N2O10. The van der Waals surface area contributed by atoms with E-state index in [1.807, 2.05) is 43.3 Å². The lowest BCUT2D eigenvalue weighted by Crippen LogP contribution is -2.35. The van der Waals surface area contributed by atoms with Crippen molar-refractivity contribution in [3.05, 3.63) is 76.4 Å².